The average Bonchev–Trinajstić information content (AvgIpc) is 3.61. The predicted molar refractivity (Wildman–Crippen MR) is 197 cm³/mol. The van der Waals surface area contributed by atoms with Gasteiger partial charge in [0.25, 0.3) is 5.91 Å². The van der Waals surface area contributed by atoms with Crippen molar-refractivity contribution in [2.75, 3.05) is 6.54 Å². The van der Waals surface area contributed by atoms with Gasteiger partial charge < -0.3 is 26.0 Å². The maximum atomic E-state index is 15.0. The van der Waals surface area contributed by atoms with Gasteiger partial charge in [-0.2, -0.15) is 0 Å². The van der Waals surface area contributed by atoms with Gasteiger partial charge in [0.15, 0.2) is 0 Å². The molecule has 7 rings (SSSR count). The number of fused-ring (bicyclic) bond motifs is 2. The molecule has 274 valence electrons. The fourth-order valence-electron chi connectivity index (χ4n) is 8.02. The fourth-order valence-corrected chi connectivity index (χ4v) is 8.02. The number of hydrogen-bond donors (Lipinski definition) is 4. The molecule has 0 spiro atoms. The normalized spacial score (nSPS) is 21.1. The third-order valence-corrected chi connectivity index (χ3v) is 10.9. The molecular formula is C42H44FN5O5. The van der Waals surface area contributed by atoms with Crippen LogP contribution in [0.3, 0.4) is 0 Å². The van der Waals surface area contributed by atoms with Crippen molar-refractivity contribution in [2.45, 2.75) is 82.3 Å². The van der Waals surface area contributed by atoms with E-state index in [1.54, 1.807) is 47.4 Å². The number of aryl methyl sites for hydroxylation is 1. The second-order valence-electron chi connectivity index (χ2n) is 14.3. The van der Waals surface area contributed by atoms with Gasteiger partial charge in [-0.3, -0.25) is 19.3 Å². The van der Waals surface area contributed by atoms with Gasteiger partial charge in [-0.15, -0.1) is 0 Å². The summed E-state index contributed by atoms with van der Waals surface area (Å²) in [6.07, 6.45) is 2.11. The Morgan fingerprint density at radius 2 is 1.60 bits per heavy atom. The molecule has 11 heteroatoms. The summed E-state index contributed by atoms with van der Waals surface area (Å²) in [6.45, 7) is 2.56. The number of nitrogens with zero attached hydrogens (tertiary/aromatic N) is 2. The van der Waals surface area contributed by atoms with Crippen LogP contribution in [0.1, 0.15) is 82.0 Å². The van der Waals surface area contributed by atoms with E-state index in [0.717, 1.165) is 46.4 Å². The lowest BCUT2D eigenvalue weighted by atomic mass is 9.87. The molecule has 1 saturated heterocycles. The summed E-state index contributed by atoms with van der Waals surface area (Å²) in [4.78, 5) is 55.9. The first kappa shape index (κ1) is 35.8. The van der Waals surface area contributed by atoms with Gasteiger partial charge >= 0.3 is 6.09 Å². The molecule has 0 bridgehead atoms. The summed E-state index contributed by atoms with van der Waals surface area (Å²) in [5.41, 5.74) is 6.03. The van der Waals surface area contributed by atoms with Crippen molar-refractivity contribution in [3.05, 3.63) is 142 Å². The number of carboxylic acid groups (broad SMARTS) is 1. The van der Waals surface area contributed by atoms with Crippen molar-refractivity contribution >= 4 is 23.8 Å². The topological polar surface area (TPSA) is 131 Å². The maximum absolute atomic E-state index is 15.0. The van der Waals surface area contributed by atoms with Crippen LogP contribution in [0.25, 0.3) is 0 Å². The number of carbonyl (C=O) groups excluding carboxylic acids is 3. The highest BCUT2D eigenvalue weighted by molar-refractivity contribution is 5.95. The molecule has 2 heterocycles. The number of nitrogens with one attached hydrogen (secondary N) is 3. The van der Waals surface area contributed by atoms with Crippen LogP contribution in [0.15, 0.2) is 97.1 Å². The van der Waals surface area contributed by atoms with E-state index in [2.05, 4.69) is 22.0 Å². The molecule has 4 aromatic rings. The number of amides is 4. The molecule has 0 aromatic heterocycles. The first-order valence-electron chi connectivity index (χ1n) is 18.3. The van der Waals surface area contributed by atoms with Crippen molar-refractivity contribution in [2.24, 2.45) is 0 Å². The third-order valence-electron chi connectivity index (χ3n) is 10.9. The summed E-state index contributed by atoms with van der Waals surface area (Å²) in [7, 11) is 0. The van der Waals surface area contributed by atoms with Gasteiger partial charge in [-0.25, -0.2) is 9.18 Å². The van der Waals surface area contributed by atoms with Gasteiger partial charge in [-0.05, 0) is 85.0 Å². The van der Waals surface area contributed by atoms with Crippen molar-refractivity contribution in [1.82, 2.24) is 25.8 Å². The average molecular weight is 718 g/mol. The number of halogens is 1. The van der Waals surface area contributed by atoms with Crippen LogP contribution >= 0.6 is 0 Å². The third kappa shape index (κ3) is 7.80. The van der Waals surface area contributed by atoms with E-state index in [1.165, 1.54) is 11.6 Å². The van der Waals surface area contributed by atoms with Gasteiger partial charge in [-0.1, -0.05) is 78.9 Å². The summed E-state index contributed by atoms with van der Waals surface area (Å²) in [5, 5.41) is 19.3. The Morgan fingerprint density at radius 1 is 0.906 bits per heavy atom. The monoisotopic (exact) mass is 717 g/mol. The molecule has 53 heavy (non-hydrogen) atoms. The molecule has 0 radical (unpaired) electrons. The van der Waals surface area contributed by atoms with E-state index >= 15 is 0 Å². The van der Waals surface area contributed by atoms with Crippen LogP contribution in [0.4, 0.5) is 9.18 Å². The number of benzene rings is 4. The summed E-state index contributed by atoms with van der Waals surface area (Å²) >= 11 is 0. The SMILES string of the molecule is C[C@H](c1ccccc1F)N(Cc1ccc(C(=O)NC2CC(C(=O)N[C@@H]3CCCc4ccccc43)N(C(=O)O)C2)cc1)C(=O)[C@@H]1Cc2ccccc2CN1. The molecule has 1 fully saturated rings. The lowest BCUT2D eigenvalue weighted by molar-refractivity contribution is -0.136. The Labute approximate surface area is 308 Å². The molecule has 10 nitrogen and oxygen atoms in total. The van der Waals surface area contributed by atoms with Crippen molar-refractivity contribution in [3.63, 3.8) is 0 Å². The lowest BCUT2D eigenvalue weighted by Crippen LogP contribution is -2.50. The predicted octanol–water partition coefficient (Wildman–Crippen LogP) is 5.67. The fraction of sp³-hybridized carbons (Fsp3) is 0.333. The Morgan fingerprint density at radius 3 is 2.36 bits per heavy atom. The summed E-state index contributed by atoms with van der Waals surface area (Å²) < 4.78 is 15.0. The second kappa shape index (κ2) is 15.6. The van der Waals surface area contributed by atoms with Gasteiger partial charge in [0.1, 0.15) is 11.9 Å². The highest BCUT2D eigenvalue weighted by Crippen LogP contribution is 2.31. The van der Waals surface area contributed by atoms with Crippen molar-refractivity contribution in [3.8, 4) is 0 Å². The molecule has 0 saturated carbocycles. The number of likely N-dealkylation sites (tertiary alicyclic amines) is 1. The zero-order chi connectivity index (χ0) is 37.1. The maximum Gasteiger partial charge on any atom is 0.408 e. The Hall–Kier alpha value is -5.55. The van der Waals surface area contributed by atoms with Gasteiger partial charge in [0.05, 0.1) is 18.1 Å². The van der Waals surface area contributed by atoms with Crippen LogP contribution in [0.2, 0.25) is 0 Å². The highest BCUT2D eigenvalue weighted by atomic mass is 19.1. The van der Waals surface area contributed by atoms with Crippen LogP contribution < -0.4 is 16.0 Å². The highest BCUT2D eigenvalue weighted by Gasteiger charge is 2.41. The first-order valence-corrected chi connectivity index (χ1v) is 18.3. The van der Waals surface area contributed by atoms with E-state index in [0.29, 0.717) is 24.1 Å². The molecule has 2 aliphatic heterocycles. The molecular weight excluding hydrogens is 673 g/mol. The van der Waals surface area contributed by atoms with Gasteiger partial charge in [0.2, 0.25) is 11.8 Å². The van der Waals surface area contributed by atoms with Crippen LogP contribution in [0.5, 0.6) is 0 Å². The standard InChI is InChI=1S/C42H44FN5O5/c1-26(33-13-6-7-15-35(33)43)47(41(51)37-21-30-10-2-3-11-31(30)23-44-37)24-27-17-19-29(20-18-27)39(49)45-32-22-38(48(25-32)42(52)53)40(50)46-36-16-8-12-28-9-4-5-14-34(28)36/h2-7,9-11,13-15,17-20,26,32,36-38,44H,8,12,16,21-25H2,1H3,(H,45,49)(H,46,50)(H,52,53)/t26-,32?,36-,37+,38?/m1/s1. The van der Waals surface area contributed by atoms with Gasteiger partial charge in [0, 0.05) is 36.8 Å². The van der Waals surface area contributed by atoms with Crippen LogP contribution in [-0.2, 0) is 35.5 Å². The summed E-state index contributed by atoms with van der Waals surface area (Å²) in [5.74, 6) is -1.30. The minimum absolute atomic E-state index is 0.0107. The lowest BCUT2D eigenvalue weighted by Gasteiger charge is -2.35. The molecule has 2 unspecified atom stereocenters. The largest absolute Gasteiger partial charge is 0.465 e. The molecule has 5 atom stereocenters. The first-order chi connectivity index (χ1) is 25.7. The van der Waals surface area contributed by atoms with Crippen molar-refractivity contribution in [1.29, 1.82) is 0 Å². The second-order valence-corrected chi connectivity index (χ2v) is 14.3. The minimum atomic E-state index is -1.22. The Bertz CT molecular complexity index is 2000. The Kier molecular flexibility index (Phi) is 10.5. The quantitative estimate of drug-likeness (QED) is 0.177. The van der Waals surface area contributed by atoms with E-state index < -0.39 is 36.2 Å². The Balaban J connectivity index is 1.02. The number of carbonyl (C=O) groups is 4. The molecule has 1 aliphatic carbocycles. The molecule has 4 amide bonds. The van der Waals surface area contributed by atoms with Crippen molar-refractivity contribution < 1.29 is 28.7 Å². The van der Waals surface area contributed by atoms with Crippen LogP contribution in [-0.4, -0.2) is 63.4 Å². The number of rotatable bonds is 9. The smallest absolute Gasteiger partial charge is 0.408 e. The zero-order valence-corrected chi connectivity index (χ0v) is 29.6. The van der Waals surface area contributed by atoms with E-state index in [1.807, 2.05) is 49.4 Å². The minimum Gasteiger partial charge on any atom is -0.465 e. The van der Waals surface area contributed by atoms with Crippen LogP contribution in [0, 0.1) is 5.82 Å². The molecule has 4 N–H and O–H groups in total. The van der Waals surface area contributed by atoms with E-state index in [4.69, 9.17) is 0 Å². The zero-order valence-electron chi connectivity index (χ0n) is 29.6. The summed E-state index contributed by atoms with van der Waals surface area (Å²) in [6, 6.07) is 26.6. The number of hydrogen-bond acceptors (Lipinski definition) is 5. The van der Waals surface area contributed by atoms with E-state index in [9.17, 15) is 28.7 Å². The molecule has 4 aromatic carbocycles. The molecule has 3 aliphatic rings. The van der Waals surface area contributed by atoms with E-state index in [-0.39, 0.29) is 43.2 Å².